The normalized spacial score (nSPS) is 17.2. The van der Waals surface area contributed by atoms with Gasteiger partial charge in [-0.15, -0.1) is 0 Å². The number of aryl methyl sites for hydroxylation is 1. The standard InChI is InChI=1S/C25H29N3O/c1-17(2)28-14-8-10-19(28)15-27-25(29)23-16-26-24(20-11-5-4-9-18(20)3)22-13-7-6-12-21(22)23/h4-7,9,11-13,16-17,19H,8,10,14-15H2,1-3H3,(H,27,29). The van der Waals surface area contributed by atoms with Crippen molar-refractivity contribution in [1.82, 2.24) is 15.2 Å². The molecule has 0 bridgehead atoms. The van der Waals surface area contributed by atoms with E-state index in [2.05, 4.69) is 49.2 Å². The van der Waals surface area contributed by atoms with Gasteiger partial charge >= 0.3 is 0 Å². The highest BCUT2D eigenvalue weighted by molar-refractivity contribution is 6.09. The second kappa shape index (κ2) is 8.34. The molecule has 4 rings (SSSR count). The lowest BCUT2D eigenvalue weighted by Gasteiger charge is -2.28. The summed E-state index contributed by atoms with van der Waals surface area (Å²) >= 11 is 0. The van der Waals surface area contributed by atoms with Gasteiger partial charge in [-0.2, -0.15) is 0 Å². The number of aromatic nitrogens is 1. The van der Waals surface area contributed by atoms with Crippen molar-refractivity contribution in [3.8, 4) is 11.3 Å². The first-order valence-corrected chi connectivity index (χ1v) is 10.5. The fourth-order valence-electron chi connectivity index (χ4n) is 4.49. The first-order valence-electron chi connectivity index (χ1n) is 10.5. The van der Waals surface area contributed by atoms with Crippen molar-refractivity contribution in [2.45, 2.75) is 45.7 Å². The molecule has 0 radical (unpaired) electrons. The predicted octanol–water partition coefficient (Wildman–Crippen LogP) is 4.81. The number of amides is 1. The summed E-state index contributed by atoms with van der Waals surface area (Å²) in [6, 6.07) is 17.2. The number of benzene rings is 2. The Morgan fingerprint density at radius 1 is 1.14 bits per heavy atom. The Balaban J connectivity index is 1.63. The topological polar surface area (TPSA) is 45.2 Å². The highest BCUT2D eigenvalue weighted by Gasteiger charge is 2.27. The van der Waals surface area contributed by atoms with Gasteiger partial charge in [-0.1, -0.05) is 48.5 Å². The molecule has 1 unspecified atom stereocenters. The maximum Gasteiger partial charge on any atom is 0.253 e. The first-order chi connectivity index (χ1) is 14.1. The van der Waals surface area contributed by atoms with Crippen LogP contribution in [0.2, 0.25) is 0 Å². The molecule has 29 heavy (non-hydrogen) atoms. The second-order valence-corrected chi connectivity index (χ2v) is 8.22. The van der Waals surface area contributed by atoms with Gasteiger partial charge in [0.25, 0.3) is 5.91 Å². The number of rotatable bonds is 5. The Bertz CT molecular complexity index is 1030. The largest absolute Gasteiger partial charge is 0.350 e. The van der Waals surface area contributed by atoms with E-state index < -0.39 is 0 Å². The highest BCUT2D eigenvalue weighted by atomic mass is 16.1. The van der Waals surface area contributed by atoms with Crippen LogP contribution in [0, 0.1) is 6.92 Å². The molecule has 0 aliphatic carbocycles. The predicted molar refractivity (Wildman–Crippen MR) is 119 cm³/mol. The van der Waals surface area contributed by atoms with E-state index in [9.17, 15) is 4.79 Å². The third-order valence-electron chi connectivity index (χ3n) is 6.02. The molecular formula is C25H29N3O. The van der Waals surface area contributed by atoms with Crippen molar-refractivity contribution in [2.75, 3.05) is 13.1 Å². The average molecular weight is 388 g/mol. The number of likely N-dealkylation sites (tertiary alicyclic amines) is 1. The van der Waals surface area contributed by atoms with E-state index in [0.29, 0.717) is 24.2 Å². The third kappa shape index (κ3) is 3.90. The fraction of sp³-hybridized carbons (Fsp3) is 0.360. The summed E-state index contributed by atoms with van der Waals surface area (Å²) in [6.45, 7) is 8.34. The van der Waals surface area contributed by atoms with Gasteiger partial charge in [0.1, 0.15) is 0 Å². The van der Waals surface area contributed by atoms with E-state index in [1.807, 2.05) is 30.3 Å². The van der Waals surface area contributed by atoms with Gasteiger partial charge in [0.05, 0.1) is 11.3 Å². The van der Waals surface area contributed by atoms with E-state index in [4.69, 9.17) is 4.98 Å². The molecular weight excluding hydrogens is 358 g/mol. The lowest BCUT2D eigenvalue weighted by Crippen LogP contribution is -2.43. The summed E-state index contributed by atoms with van der Waals surface area (Å²) in [7, 11) is 0. The molecule has 4 nitrogen and oxygen atoms in total. The van der Waals surface area contributed by atoms with Crippen molar-refractivity contribution in [1.29, 1.82) is 0 Å². The maximum atomic E-state index is 13.0. The third-order valence-corrected chi connectivity index (χ3v) is 6.02. The van der Waals surface area contributed by atoms with Gasteiger partial charge < -0.3 is 5.32 Å². The van der Waals surface area contributed by atoms with Crippen molar-refractivity contribution in [2.24, 2.45) is 0 Å². The minimum atomic E-state index is -0.0411. The number of hydrogen-bond donors (Lipinski definition) is 1. The molecule has 1 N–H and O–H groups in total. The zero-order chi connectivity index (χ0) is 20.4. The molecule has 2 heterocycles. The molecule has 1 aliphatic rings. The van der Waals surface area contributed by atoms with Crippen LogP contribution >= 0.6 is 0 Å². The molecule has 3 aromatic rings. The van der Waals surface area contributed by atoms with Gasteiger partial charge in [0.2, 0.25) is 0 Å². The van der Waals surface area contributed by atoms with E-state index in [1.54, 1.807) is 6.20 Å². The minimum Gasteiger partial charge on any atom is -0.350 e. The van der Waals surface area contributed by atoms with Crippen LogP contribution in [0.1, 0.15) is 42.6 Å². The first kappa shape index (κ1) is 19.6. The van der Waals surface area contributed by atoms with Crippen LogP contribution in [0.5, 0.6) is 0 Å². The lowest BCUT2D eigenvalue weighted by atomic mass is 9.98. The molecule has 1 fully saturated rings. The van der Waals surface area contributed by atoms with Gasteiger partial charge in [0, 0.05) is 35.8 Å². The van der Waals surface area contributed by atoms with Crippen molar-refractivity contribution in [3.63, 3.8) is 0 Å². The smallest absolute Gasteiger partial charge is 0.253 e. The Hall–Kier alpha value is -2.72. The molecule has 150 valence electrons. The van der Waals surface area contributed by atoms with E-state index in [0.717, 1.165) is 35.0 Å². The van der Waals surface area contributed by atoms with Gasteiger partial charge in [-0.05, 0) is 51.1 Å². The average Bonchev–Trinajstić information content (AvgIpc) is 3.21. The Morgan fingerprint density at radius 2 is 1.86 bits per heavy atom. The number of nitrogens with zero attached hydrogens (tertiary/aromatic N) is 2. The number of carbonyl (C=O) groups is 1. The molecule has 0 spiro atoms. The monoisotopic (exact) mass is 387 g/mol. The molecule has 1 aliphatic heterocycles. The van der Waals surface area contributed by atoms with Crippen LogP contribution in [-0.2, 0) is 0 Å². The number of nitrogens with one attached hydrogen (secondary N) is 1. The second-order valence-electron chi connectivity index (χ2n) is 8.22. The zero-order valence-corrected chi connectivity index (χ0v) is 17.5. The maximum absolute atomic E-state index is 13.0. The Labute approximate surface area is 173 Å². The molecule has 1 amide bonds. The van der Waals surface area contributed by atoms with E-state index in [-0.39, 0.29) is 5.91 Å². The number of fused-ring (bicyclic) bond motifs is 1. The van der Waals surface area contributed by atoms with Crippen LogP contribution < -0.4 is 5.32 Å². The summed E-state index contributed by atoms with van der Waals surface area (Å²) in [4.78, 5) is 20.2. The van der Waals surface area contributed by atoms with Crippen molar-refractivity contribution < 1.29 is 4.79 Å². The molecule has 1 aromatic heterocycles. The van der Waals surface area contributed by atoms with E-state index in [1.165, 1.54) is 12.0 Å². The van der Waals surface area contributed by atoms with Crippen molar-refractivity contribution in [3.05, 3.63) is 65.9 Å². The summed E-state index contributed by atoms with van der Waals surface area (Å²) < 4.78 is 0. The van der Waals surface area contributed by atoms with Gasteiger partial charge in [0.15, 0.2) is 0 Å². The van der Waals surface area contributed by atoms with Crippen LogP contribution in [0.3, 0.4) is 0 Å². The quantitative estimate of drug-likeness (QED) is 0.683. The van der Waals surface area contributed by atoms with Crippen LogP contribution in [0.4, 0.5) is 0 Å². The fourth-order valence-corrected chi connectivity index (χ4v) is 4.49. The molecule has 1 atom stereocenters. The van der Waals surface area contributed by atoms with E-state index >= 15 is 0 Å². The Kier molecular flexibility index (Phi) is 5.63. The number of carbonyl (C=O) groups excluding carboxylic acids is 1. The summed E-state index contributed by atoms with van der Waals surface area (Å²) in [5, 5.41) is 5.13. The lowest BCUT2D eigenvalue weighted by molar-refractivity contribution is 0.0936. The summed E-state index contributed by atoms with van der Waals surface area (Å²) in [5.74, 6) is -0.0411. The highest BCUT2D eigenvalue weighted by Crippen LogP contribution is 2.30. The van der Waals surface area contributed by atoms with Crippen LogP contribution in [0.15, 0.2) is 54.7 Å². The molecule has 1 saturated heterocycles. The SMILES string of the molecule is Cc1ccccc1-c1ncc(C(=O)NCC2CCCN2C(C)C)c2ccccc12. The molecule has 2 aromatic carbocycles. The van der Waals surface area contributed by atoms with Gasteiger partial charge in [-0.25, -0.2) is 0 Å². The molecule has 0 saturated carbocycles. The summed E-state index contributed by atoms with van der Waals surface area (Å²) in [6.07, 6.45) is 4.08. The van der Waals surface area contributed by atoms with Crippen molar-refractivity contribution >= 4 is 16.7 Å². The van der Waals surface area contributed by atoms with Gasteiger partial charge in [-0.3, -0.25) is 14.7 Å². The zero-order valence-electron chi connectivity index (χ0n) is 17.5. The molecule has 4 heteroatoms. The number of pyridine rings is 1. The number of hydrogen-bond acceptors (Lipinski definition) is 3. The van der Waals surface area contributed by atoms with Crippen LogP contribution in [-0.4, -0.2) is 41.0 Å². The Morgan fingerprint density at radius 3 is 2.62 bits per heavy atom. The summed E-state index contributed by atoms with van der Waals surface area (Å²) in [5.41, 5.74) is 3.86. The minimum absolute atomic E-state index is 0.0411. The van der Waals surface area contributed by atoms with Crippen LogP contribution in [0.25, 0.3) is 22.0 Å².